The molecule has 1 unspecified atom stereocenters. The van der Waals surface area contributed by atoms with Gasteiger partial charge in [-0.25, -0.2) is 18.4 Å². The van der Waals surface area contributed by atoms with Gasteiger partial charge in [-0.2, -0.15) is 0 Å². The summed E-state index contributed by atoms with van der Waals surface area (Å²) in [5.41, 5.74) is 3.83. The van der Waals surface area contributed by atoms with E-state index in [2.05, 4.69) is 25.5 Å². The number of nitrogens with zero attached hydrogens (tertiary/aromatic N) is 4. The van der Waals surface area contributed by atoms with Gasteiger partial charge in [-0.1, -0.05) is 24.3 Å². The van der Waals surface area contributed by atoms with Crippen molar-refractivity contribution in [1.29, 1.82) is 0 Å². The van der Waals surface area contributed by atoms with Gasteiger partial charge >= 0.3 is 0 Å². The second kappa shape index (κ2) is 8.16. The molecule has 8 nitrogen and oxygen atoms in total. The van der Waals surface area contributed by atoms with E-state index in [-0.39, 0.29) is 6.04 Å². The number of hydrogen-bond donors (Lipinski definition) is 1. The van der Waals surface area contributed by atoms with Crippen molar-refractivity contribution < 1.29 is 13.2 Å². The highest BCUT2D eigenvalue weighted by atomic mass is 32.2. The van der Waals surface area contributed by atoms with Crippen molar-refractivity contribution >= 4 is 20.9 Å². The maximum Gasteiger partial charge on any atom is 0.175 e. The summed E-state index contributed by atoms with van der Waals surface area (Å²) in [5, 5.41) is 0. The summed E-state index contributed by atoms with van der Waals surface area (Å²) in [7, 11) is -1.17. The summed E-state index contributed by atoms with van der Waals surface area (Å²) >= 11 is 0. The van der Waals surface area contributed by atoms with Gasteiger partial charge in [-0.05, 0) is 29.8 Å². The number of ether oxygens (including phenoxy) is 1. The van der Waals surface area contributed by atoms with Crippen LogP contribution in [0.2, 0.25) is 0 Å². The number of hydrogen-bond acceptors (Lipinski definition) is 6. The van der Waals surface area contributed by atoms with Crippen LogP contribution in [0.1, 0.15) is 17.7 Å². The van der Waals surface area contributed by atoms with Crippen LogP contribution >= 0.6 is 0 Å². The number of sulfone groups is 1. The van der Waals surface area contributed by atoms with E-state index in [1.165, 1.54) is 6.26 Å². The number of H-pyrrole nitrogens is 1. The molecule has 5 rings (SSSR count). The van der Waals surface area contributed by atoms with Gasteiger partial charge in [0.25, 0.3) is 0 Å². The molecule has 1 saturated heterocycles. The first-order valence-corrected chi connectivity index (χ1v) is 12.4. The molecule has 3 heterocycles. The Morgan fingerprint density at radius 3 is 2.69 bits per heavy atom. The zero-order chi connectivity index (χ0) is 22.3. The van der Waals surface area contributed by atoms with Crippen molar-refractivity contribution in [3.8, 4) is 11.3 Å². The molecule has 0 radical (unpaired) electrons. The summed E-state index contributed by atoms with van der Waals surface area (Å²) < 4.78 is 31.3. The summed E-state index contributed by atoms with van der Waals surface area (Å²) in [6.45, 7) is 2.69. The molecule has 32 heavy (non-hydrogen) atoms. The maximum atomic E-state index is 11.7. The number of nitrogens with one attached hydrogen (secondary N) is 1. The molecule has 0 amide bonds. The lowest BCUT2D eigenvalue weighted by molar-refractivity contribution is -0.0170. The SMILES string of the molecule is Cn1c(CN2CCOCC2c2ncc(-c3ccc(S(C)(=O)=O)cc3)[nH]2)nc2ccccc21. The molecule has 1 aliphatic heterocycles. The summed E-state index contributed by atoms with van der Waals surface area (Å²) in [4.78, 5) is 15.5. The summed E-state index contributed by atoms with van der Waals surface area (Å²) in [5.74, 6) is 1.83. The molecule has 4 aromatic rings. The molecular weight excluding hydrogens is 426 g/mol. The van der Waals surface area contributed by atoms with Crippen LogP contribution in [0.5, 0.6) is 0 Å². The Bertz CT molecular complexity index is 1360. The number of benzene rings is 2. The van der Waals surface area contributed by atoms with E-state index in [1.807, 2.05) is 25.2 Å². The van der Waals surface area contributed by atoms with Crippen molar-refractivity contribution in [2.45, 2.75) is 17.5 Å². The van der Waals surface area contributed by atoms with E-state index >= 15 is 0 Å². The quantitative estimate of drug-likeness (QED) is 0.502. The summed E-state index contributed by atoms with van der Waals surface area (Å²) in [6.07, 6.45) is 2.99. The van der Waals surface area contributed by atoms with Crippen LogP contribution in [-0.4, -0.2) is 58.9 Å². The average Bonchev–Trinajstić information content (AvgIpc) is 3.40. The van der Waals surface area contributed by atoms with Crippen LogP contribution in [-0.2, 0) is 28.2 Å². The third-order valence-electron chi connectivity index (χ3n) is 5.97. The van der Waals surface area contributed by atoms with E-state index in [1.54, 1.807) is 30.5 Å². The minimum atomic E-state index is -3.22. The Morgan fingerprint density at radius 1 is 1.16 bits per heavy atom. The fourth-order valence-corrected chi connectivity index (χ4v) is 4.76. The lowest BCUT2D eigenvalue weighted by Gasteiger charge is -2.34. The Balaban J connectivity index is 1.39. The van der Waals surface area contributed by atoms with Gasteiger partial charge in [0, 0.05) is 19.8 Å². The number of fused-ring (bicyclic) bond motifs is 1. The molecule has 1 atom stereocenters. The number of rotatable bonds is 5. The molecule has 1 N–H and O–H groups in total. The highest BCUT2D eigenvalue weighted by Gasteiger charge is 2.28. The number of aromatic amines is 1. The zero-order valence-electron chi connectivity index (χ0n) is 18.0. The van der Waals surface area contributed by atoms with Gasteiger partial charge in [0.05, 0.1) is 53.6 Å². The molecule has 0 aliphatic carbocycles. The first-order valence-electron chi connectivity index (χ1n) is 10.5. The third-order valence-corrected chi connectivity index (χ3v) is 7.10. The lowest BCUT2D eigenvalue weighted by atomic mass is 10.2. The largest absolute Gasteiger partial charge is 0.378 e. The molecule has 166 valence electrons. The zero-order valence-corrected chi connectivity index (χ0v) is 18.8. The van der Waals surface area contributed by atoms with E-state index in [0.29, 0.717) is 24.7 Å². The molecule has 0 bridgehead atoms. The maximum absolute atomic E-state index is 11.7. The monoisotopic (exact) mass is 451 g/mol. The summed E-state index contributed by atoms with van der Waals surface area (Å²) in [6, 6.07) is 14.9. The Morgan fingerprint density at radius 2 is 1.94 bits per heavy atom. The van der Waals surface area contributed by atoms with E-state index in [9.17, 15) is 8.42 Å². The Kier molecular flexibility index (Phi) is 5.32. The smallest absolute Gasteiger partial charge is 0.175 e. The van der Waals surface area contributed by atoms with E-state index in [4.69, 9.17) is 9.72 Å². The van der Waals surface area contributed by atoms with Crippen LogP contribution in [0.15, 0.2) is 59.6 Å². The van der Waals surface area contributed by atoms with Crippen LogP contribution < -0.4 is 0 Å². The van der Waals surface area contributed by atoms with Gasteiger partial charge < -0.3 is 14.3 Å². The number of imidazole rings is 2. The van der Waals surface area contributed by atoms with Gasteiger partial charge in [-0.15, -0.1) is 0 Å². The van der Waals surface area contributed by atoms with Crippen LogP contribution in [0.3, 0.4) is 0 Å². The number of aryl methyl sites for hydroxylation is 1. The van der Waals surface area contributed by atoms with E-state index < -0.39 is 9.84 Å². The minimum absolute atomic E-state index is 0.0207. The first kappa shape index (κ1) is 20.9. The van der Waals surface area contributed by atoms with Crippen molar-refractivity contribution in [2.24, 2.45) is 7.05 Å². The van der Waals surface area contributed by atoms with E-state index in [0.717, 1.165) is 40.5 Å². The first-order chi connectivity index (χ1) is 15.4. The fourth-order valence-electron chi connectivity index (χ4n) is 4.13. The molecule has 1 fully saturated rings. The molecule has 9 heteroatoms. The van der Waals surface area contributed by atoms with Gasteiger partial charge in [0.1, 0.15) is 11.6 Å². The van der Waals surface area contributed by atoms with Gasteiger partial charge in [0.15, 0.2) is 9.84 Å². The second-order valence-electron chi connectivity index (χ2n) is 8.12. The molecule has 2 aromatic heterocycles. The highest BCUT2D eigenvalue weighted by molar-refractivity contribution is 7.90. The standard InChI is InChI=1S/C23H25N5O3S/c1-27-20-6-4-3-5-18(20)25-22(27)14-28-11-12-31-15-21(28)23-24-13-19(26-23)16-7-9-17(10-8-16)32(2,29)30/h3-10,13,21H,11-12,14-15H2,1-2H3,(H,24,26). The number of aromatic nitrogens is 4. The Labute approximate surface area is 186 Å². The Hall–Kier alpha value is -3.01. The van der Waals surface area contributed by atoms with Crippen LogP contribution in [0, 0.1) is 0 Å². The normalized spacial score (nSPS) is 17.8. The molecular formula is C23H25N5O3S. The molecule has 0 spiro atoms. The fraction of sp³-hybridized carbons (Fsp3) is 0.304. The minimum Gasteiger partial charge on any atom is -0.378 e. The number of para-hydroxylation sites is 2. The molecule has 0 saturated carbocycles. The lowest BCUT2D eigenvalue weighted by Crippen LogP contribution is -2.40. The highest BCUT2D eigenvalue weighted by Crippen LogP contribution is 2.27. The predicted molar refractivity (Wildman–Crippen MR) is 122 cm³/mol. The molecule has 1 aliphatic rings. The van der Waals surface area contributed by atoms with Crippen molar-refractivity contribution in [3.05, 3.63) is 66.4 Å². The second-order valence-corrected chi connectivity index (χ2v) is 10.1. The van der Waals surface area contributed by atoms with Gasteiger partial charge in [0.2, 0.25) is 0 Å². The van der Waals surface area contributed by atoms with Gasteiger partial charge in [-0.3, -0.25) is 4.90 Å². The van der Waals surface area contributed by atoms with Crippen molar-refractivity contribution in [3.63, 3.8) is 0 Å². The topological polar surface area (TPSA) is 93.1 Å². The molecule has 2 aromatic carbocycles. The van der Waals surface area contributed by atoms with Crippen molar-refractivity contribution in [2.75, 3.05) is 26.0 Å². The van der Waals surface area contributed by atoms with Crippen molar-refractivity contribution in [1.82, 2.24) is 24.4 Å². The van der Waals surface area contributed by atoms with Crippen LogP contribution in [0.25, 0.3) is 22.3 Å². The number of morpholine rings is 1. The third kappa shape index (κ3) is 3.94. The average molecular weight is 452 g/mol. The predicted octanol–water partition coefficient (Wildman–Crippen LogP) is 2.94. The van der Waals surface area contributed by atoms with Crippen LogP contribution in [0.4, 0.5) is 0 Å².